The van der Waals surface area contributed by atoms with Gasteiger partial charge in [0.15, 0.2) is 0 Å². The molecule has 2 aromatic carbocycles. The monoisotopic (exact) mass is 403 g/mol. The fourth-order valence-corrected chi connectivity index (χ4v) is 3.58. The van der Waals surface area contributed by atoms with E-state index >= 15 is 0 Å². The number of aromatic nitrogens is 2. The van der Waals surface area contributed by atoms with Gasteiger partial charge >= 0.3 is 5.97 Å². The van der Waals surface area contributed by atoms with Crippen molar-refractivity contribution in [2.24, 2.45) is 0 Å². The number of hydrogen-bond donors (Lipinski definition) is 1. The third-order valence-electron chi connectivity index (χ3n) is 4.30. The number of rotatable bonds is 5. The van der Waals surface area contributed by atoms with Gasteiger partial charge in [-0.1, -0.05) is 24.3 Å². The zero-order valence-electron chi connectivity index (χ0n) is 15.5. The van der Waals surface area contributed by atoms with E-state index in [1.165, 1.54) is 18.4 Å². The molecule has 6 nitrogen and oxygen atoms in total. The van der Waals surface area contributed by atoms with Crippen LogP contribution in [-0.2, 0) is 4.74 Å². The van der Waals surface area contributed by atoms with Gasteiger partial charge in [0.25, 0.3) is 5.91 Å². The van der Waals surface area contributed by atoms with Crippen molar-refractivity contribution < 1.29 is 14.3 Å². The van der Waals surface area contributed by atoms with Crippen molar-refractivity contribution in [1.82, 2.24) is 9.78 Å². The van der Waals surface area contributed by atoms with E-state index in [-0.39, 0.29) is 5.91 Å². The van der Waals surface area contributed by atoms with Crippen molar-refractivity contribution in [1.29, 1.82) is 0 Å². The fraction of sp³-hybridized carbons (Fsp3) is 0.0455. The molecule has 1 amide bonds. The Kier molecular flexibility index (Phi) is 5.22. The van der Waals surface area contributed by atoms with E-state index in [0.717, 1.165) is 10.6 Å². The number of amides is 1. The van der Waals surface area contributed by atoms with Gasteiger partial charge in [-0.2, -0.15) is 5.10 Å². The van der Waals surface area contributed by atoms with E-state index in [9.17, 15) is 9.59 Å². The molecule has 0 bridgehead atoms. The van der Waals surface area contributed by atoms with Gasteiger partial charge in [-0.05, 0) is 47.8 Å². The minimum Gasteiger partial charge on any atom is -0.465 e. The first-order chi connectivity index (χ1) is 14.2. The third kappa shape index (κ3) is 3.95. The molecule has 2 heterocycles. The minimum absolute atomic E-state index is 0.276. The van der Waals surface area contributed by atoms with Gasteiger partial charge in [0.1, 0.15) is 5.69 Å². The first kappa shape index (κ1) is 18.6. The first-order valence-electron chi connectivity index (χ1n) is 8.84. The van der Waals surface area contributed by atoms with Crippen LogP contribution in [0, 0.1) is 0 Å². The van der Waals surface area contributed by atoms with Crippen molar-refractivity contribution in [2.75, 3.05) is 12.4 Å². The van der Waals surface area contributed by atoms with Gasteiger partial charge in [-0.3, -0.25) is 4.79 Å². The van der Waals surface area contributed by atoms with Crippen LogP contribution in [0.3, 0.4) is 0 Å². The lowest BCUT2D eigenvalue weighted by molar-refractivity contribution is 0.0600. The molecule has 0 aliphatic heterocycles. The van der Waals surface area contributed by atoms with Crippen LogP contribution in [0.5, 0.6) is 0 Å². The number of hydrogen-bond acceptors (Lipinski definition) is 5. The second kappa shape index (κ2) is 8.12. The van der Waals surface area contributed by atoms with Crippen molar-refractivity contribution in [2.45, 2.75) is 0 Å². The number of ether oxygens (including phenoxy) is 1. The lowest BCUT2D eigenvalue weighted by atomic mass is 10.2. The standard InChI is InChI=1S/C22H17N3O3S/c1-28-22(27)15-9-11-16(12-10-15)23-21(26)18-14-25(17-6-3-2-4-7-17)24-20(18)19-8-5-13-29-19/h2-14H,1H3,(H,23,26). The summed E-state index contributed by atoms with van der Waals surface area (Å²) in [6.45, 7) is 0. The van der Waals surface area contributed by atoms with Crippen LogP contribution in [0.25, 0.3) is 16.3 Å². The average Bonchev–Trinajstić information content (AvgIpc) is 3.44. The molecule has 0 saturated heterocycles. The number of nitrogens with zero attached hydrogens (tertiary/aromatic N) is 2. The Morgan fingerprint density at radius 3 is 2.41 bits per heavy atom. The lowest BCUT2D eigenvalue weighted by Crippen LogP contribution is -2.12. The third-order valence-corrected chi connectivity index (χ3v) is 5.17. The predicted molar refractivity (Wildman–Crippen MR) is 113 cm³/mol. The van der Waals surface area contributed by atoms with E-state index < -0.39 is 5.97 Å². The number of carbonyl (C=O) groups excluding carboxylic acids is 2. The molecular formula is C22H17N3O3S. The van der Waals surface area contributed by atoms with E-state index in [0.29, 0.717) is 22.5 Å². The average molecular weight is 403 g/mol. The molecule has 0 radical (unpaired) electrons. The number of benzene rings is 2. The highest BCUT2D eigenvalue weighted by Gasteiger charge is 2.19. The highest BCUT2D eigenvalue weighted by atomic mass is 32.1. The van der Waals surface area contributed by atoms with Crippen LogP contribution < -0.4 is 5.32 Å². The Bertz CT molecular complexity index is 1130. The summed E-state index contributed by atoms with van der Waals surface area (Å²) in [7, 11) is 1.33. The van der Waals surface area contributed by atoms with Crippen LogP contribution in [0.4, 0.5) is 5.69 Å². The Hall–Kier alpha value is -3.71. The van der Waals surface area contributed by atoms with Gasteiger partial charge in [-0.25, -0.2) is 9.48 Å². The number of para-hydroxylation sites is 1. The van der Waals surface area contributed by atoms with Gasteiger partial charge < -0.3 is 10.1 Å². The Morgan fingerprint density at radius 2 is 1.76 bits per heavy atom. The van der Waals surface area contributed by atoms with Crippen molar-refractivity contribution >= 4 is 28.9 Å². The molecule has 0 spiro atoms. The summed E-state index contributed by atoms with van der Waals surface area (Å²) in [5, 5.41) is 9.46. The number of thiophene rings is 1. The SMILES string of the molecule is COC(=O)c1ccc(NC(=O)c2cn(-c3ccccc3)nc2-c2cccs2)cc1. The second-order valence-electron chi connectivity index (χ2n) is 6.17. The largest absolute Gasteiger partial charge is 0.465 e. The highest BCUT2D eigenvalue weighted by molar-refractivity contribution is 7.13. The summed E-state index contributed by atoms with van der Waals surface area (Å²) in [4.78, 5) is 25.5. The van der Waals surface area contributed by atoms with Crippen molar-refractivity contribution in [3.63, 3.8) is 0 Å². The molecule has 0 atom stereocenters. The highest BCUT2D eigenvalue weighted by Crippen LogP contribution is 2.28. The molecule has 29 heavy (non-hydrogen) atoms. The Balaban J connectivity index is 1.65. The fourth-order valence-electron chi connectivity index (χ4n) is 2.85. The lowest BCUT2D eigenvalue weighted by Gasteiger charge is -2.06. The van der Waals surface area contributed by atoms with E-state index in [2.05, 4.69) is 10.4 Å². The molecule has 1 N–H and O–H groups in total. The predicted octanol–water partition coefficient (Wildman–Crippen LogP) is 4.64. The molecule has 0 fully saturated rings. The molecule has 0 aliphatic carbocycles. The van der Waals surface area contributed by atoms with Gasteiger partial charge in [0.05, 0.1) is 28.8 Å². The molecule has 2 aromatic heterocycles. The second-order valence-corrected chi connectivity index (χ2v) is 7.12. The van der Waals surface area contributed by atoms with Crippen LogP contribution in [-0.4, -0.2) is 28.8 Å². The van der Waals surface area contributed by atoms with Crippen LogP contribution in [0.2, 0.25) is 0 Å². The summed E-state index contributed by atoms with van der Waals surface area (Å²) in [6.07, 6.45) is 1.72. The Labute approximate surface area is 171 Å². The van der Waals surface area contributed by atoms with Gasteiger partial charge in [-0.15, -0.1) is 11.3 Å². The topological polar surface area (TPSA) is 73.2 Å². The van der Waals surface area contributed by atoms with Gasteiger partial charge in [0, 0.05) is 11.9 Å². The summed E-state index contributed by atoms with van der Waals surface area (Å²) < 4.78 is 6.39. The Morgan fingerprint density at radius 1 is 1.00 bits per heavy atom. The zero-order valence-corrected chi connectivity index (χ0v) is 16.3. The zero-order chi connectivity index (χ0) is 20.2. The summed E-state index contributed by atoms with van der Waals surface area (Å²) >= 11 is 1.52. The first-order valence-corrected chi connectivity index (χ1v) is 9.72. The minimum atomic E-state index is -0.424. The number of nitrogens with one attached hydrogen (secondary N) is 1. The molecule has 144 valence electrons. The van der Waals surface area contributed by atoms with Crippen LogP contribution >= 0.6 is 11.3 Å². The van der Waals surface area contributed by atoms with Crippen molar-refractivity contribution in [3.8, 4) is 16.3 Å². The van der Waals surface area contributed by atoms with Crippen molar-refractivity contribution in [3.05, 3.63) is 89.4 Å². The molecule has 7 heteroatoms. The van der Waals surface area contributed by atoms with Crippen LogP contribution in [0.1, 0.15) is 20.7 Å². The molecule has 4 rings (SSSR count). The number of anilines is 1. The maximum Gasteiger partial charge on any atom is 0.337 e. The van der Waals surface area contributed by atoms with E-state index in [1.807, 2.05) is 47.8 Å². The molecule has 4 aromatic rings. The van der Waals surface area contributed by atoms with Gasteiger partial charge in [0.2, 0.25) is 0 Å². The molecular weight excluding hydrogens is 386 g/mol. The summed E-state index contributed by atoms with van der Waals surface area (Å²) in [6, 6.07) is 20.0. The smallest absolute Gasteiger partial charge is 0.337 e. The summed E-state index contributed by atoms with van der Waals surface area (Å²) in [5.41, 5.74) is 2.95. The number of carbonyl (C=O) groups is 2. The molecule has 0 aliphatic rings. The number of methoxy groups -OCH3 is 1. The van der Waals surface area contributed by atoms with Crippen LogP contribution in [0.15, 0.2) is 78.3 Å². The molecule has 0 unspecified atom stereocenters. The normalized spacial score (nSPS) is 10.5. The maximum absolute atomic E-state index is 13.0. The molecule has 0 saturated carbocycles. The van der Waals surface area contributed by atoms with E-state index in [4.69, 9.17) is 4.74 Å². The number of esters is 1. The maximum atomic E-state index is 13.0. The summed E-state index contributed by atoms with van der Waals surface area (Å²) in [5.74, 6) is -0.701. The quantitative estimate of drug-likeness (QED) is 0.493. The van der Waals surface area contributed by atoms with E-state index in [1.54, 1.807) is 35.1 Å².